The van der Waals surface area contributed by atoms with E-state index < -0.39 is 5.41 Å². The number of rotatable bonds is 7. The SMILES string of the molecule is CCNC(=O)[C@@]1(Cc2cccc(-c3ccc(C)cc3)c2)CCN(C(=O)COC)C1. The topological polar surface area (TPSA) is 58.6 Å². The van der Waals surface area contributed by atoms with E-state index in [2.05, 4.69) is 54.7 Å². The van der Waals surface area contributed by atoms with Gasteiger partial charge in [-0.2, -0.15) is 0 Å². The van der Waals surface area contributed by atoms with Crippen molar-refractivity contribution in [3.05, 3.63) is 59.7 Å². The lowest BCUT2D eigenvalue weighted by Gasteiger charge is -2.28. The Morgan fingerprint density at radius 2 is 1.90 bits per heavy atom. The number of benzene rings is 2. The normalized spacial score (nSPS) is 18.7. The molecule has 1 aliphatic rings. The fourth-order valence-electron chi connectivity index (χ4n) is 4.06. The summed E-state index contributed by atoms with van der Waals surface area (Å²) in [5.74, 6) is -0.0412. The minimum atomic E-state index is -0.606. The minimum Gasteiger partial charge on any atom is -0.375 e. The molecule has 0 bridgehead atoms. The van der Waals surface area contributed by atoms with Gasteiger partial charge in [0.1, 0.15) is 6.61 Å². The fraction of sp³-hybridized carbons (Fsp3) is 0.417. The molecule has 1 aliphatic heterocycles. The number of carbonyl (C=O) groups excluding carboxylic acids is 2. The predicted octanol–water partition coefficient (Wildman–Crippen LogP) is 3.21. The average Bonchev–Trinajstić information content (AvgIpc) is 3.15. The summed E-state index contributed by atoms with van der Waals surface area (Å²) in [5.41, 5.74) is 4.03. The number of amides is 2. The Labute approximate surface area is 173 Å². The first-order valence-electron chi connectivity index (χ1n) is 10.2. The van der Waals surface area contributed by atoms with Gasteiger partial charge >= 0.3 is 0 Å². The Bertz CT molecular complexity index is 863. The average molecular weight is 395 g/mol. The zero-order chi connectivity index (χ0) is 20.9. The number of methoxy groups -OCH3 is 1. The maximum absolute atomic E-state index is 13.0. The molecular formula is C24H30N2O3. The lowest BCUT2D eigenvalue weighted by molar-refractivity contribution is -0.135. The van der Waals surface area contributed by atoms with Crippen molar-refractivity contribution in [3.8, 4) is 11.1 Å². The summed E-state index contributed by atoms with van der Waals surface area (Å²) in [6.45, 7) is 5.64. The van der Waals surface area contributed by atoms with E-state index in [4.69, 9.17) is 4.74 Å². The summed E-state index contributed by atoms with van der Waals surface area (Å²) in [5, 5.41) is 2.98. The number of aryl methyl sites for hydroxylation is 1. The highest BCUT2D eigenvalue weighted by Crippen LogP contribution is 2.35. The maximum Gasteiger partial charge on any atom is 0.248 e. The van der Waals surface area contributed by atoms with Crippen LogP contribution in [0, 0.1) is 12.3 Å². The Balaban J connectivity index is 1.85. The molecule has 5 nitrogen and oxygen atoms in total. The van der Waals surface area contributed by atoms with Crippen molar-refractivity contribution >= 4 is 11.8 Å². The third-order valence-electron chi connectivity index (χ3n) is 5.65. The molecule has 2 amide bonds. The smallest absolute Gasteiger partial charge is 0.248 e. The number of carbonyl (C=O) groups is 2. The second-order valence-electron chi connectivity index (χ2n) is 7.88. The van der Waals surface area contributed by atoms with E-state index in [0.717, 1.165) is 16.7 Å². The van der Waals surface area contributed by atoms with Crippen LogP contribution >= 0.6 is 0 Å². The molecule has 0 radical (unpaired) electrons. The standard InChI is InChI=1S/C24H30N2O3/c1-4-25-23(28)24(12-13-26(17-24)22(27)16-29-3)15-19-6-5-7-21(14-19)20-10-8-18(2)9-11-20/h5-11,14H,4,12-13,15-17H2,1-3H3,(H,25,28)/t24-/m1/s1. The molecule has 0 aromatic heterocycles. The van der Waals surface area contributed by atoms with Gasteiger partial charge in [0.05, 0.1) is 5.41 Å². The summed E-state index contributed by atoms with van der Waals surface area (Å²) in [6, 6.07) is 16.8. The maximum atomic E-state index is 13.0. The Hall–Kier alpha value is -2.66. The molecule has 1 saturated heterocycles. The van der Waals surface area contributed by atoms with Crippen LogP contribution in [0.3, 0.4) is 0 Å². The van der Waals surface area contributed by atoms with Crippen LogP contribution in [0.2, 0.25) is 0 Å². The van der Waals surface area contributed by atoms with Crippen molar-refractivity contribution in [2.75, 3.05) is 33.4 Å². The second-order valence-corrected chi connectivity index (χ2v) is 7.88. The number of ether oxygens (including phenoxy) is 1. The first-order valence-corrected chi connectivity index (χ1v) is 10.2. The van der Waals surface area contributed by atoms with Gasteiger partial charge < -0.3 is 15.0 Å². The lowest BCUT2D eigenvalue weighted by atomic mass is 9.79. The van der Waals surface area contributed by atoms with Crippen LogP contribution in [0.4, 0.5) is 0 Å². The monoisotopic (exact) mass is 394 g/mol. The summed E-state index contributed by atoms with van der Waals surface area (Å²) in [7, 11) is 1.52. The second kappa shape index (κ2) is 9.23. The molecule has 2 aromatic carbocycles. The van der Waals surface area contributed by atoms with Crippen molar-refractivity contribution in [2.45, 2.75) is 26.7 Å². The molecule has 3 rings (SSSR count). The van der Waals surface area contributed by atoms with Crippen molar-refractivity contribution in [1.82, 2.24) is 10.2 Å². The Kier molecular flexibility index (Phi) is 6.70. The van der Waals surface area contributed by atoms with Gasteiger partial charge in [0.25, 0.3) is 0 Å². The van der Waals surface area contributed by atoms with Gasteiger partial charge in [-0.15, -0.1) is 0 Å². The highest BCUT2D eigenvalue weighted by molar-refractivity contribution is 5.86. The highest BCUT2D eigenvalue weighted by atomic mass is 16.5. The van der Waals surface area contributed by atoms with E-state index in [-0.39, 0.29) is 18.4 Å². The van der Waals surface area contributed by atoms with Crippen LogP contribution in [0.15, 0.2) is 48.5 Å². The van der Waals surface area contributed by atoms with Gasteiger partial charge in [-0.1, -0.05) is 54.1 Å². The molecule has 2 aromatic rings. The zero-order valence-electron chi connectivity index (χ0n) is 17.5. The zero-order valence-corrected chi connectivity index (χ0v) is 17.5. The first kappa shape index (κ1) is 21.1. The molecule has 29 heavy (non-hydrogen) atoms. The first-order chi connectivity index (χ1) is 14.0. The summed E-state index contributed by atoms with van der Waals surface area (Å²) >= 11 is 0. The van der Waals surface area contributed by atoms with Crippen LogP contribution in [0.5, 0.6) is 0 Å². The van der Waals surface area contributed by atoms with Gasteiger partial charge in [-0.3, -0.25) is 9.59 Å². The van der Waals surface area contributed by atoms with Crippen molar-refractivity contribution < 1.29 is 14.3 Å². The fourth-order valence-corrected chi connectivity index (χ4v) is 4.06. The van der Waals surface area contributed by atoms with Crippen LogP contribution in [-0.2, 0) is 20.7 Å². The highest BCUT2D eigenvalue weighted by Gasteiger charge is 2.45. The third-order valence-corrected chi connectivity index (χ3v) is 5.65. The van der Waals surface area contributed by atoms with Crippen LogP contribution in [0.25, 0.3) is 11.1 Å². The molecule has 1 N–H and O–H groups in total. The number of nitrogens with zero attached hydrogens (tertiary/aromatic N) is 1. The molecule has 0 aliphatic carbocycles. The molecule has 1 atom stereocenters. The number of hydrogen-bond donors (Lipinski definition) is 1. The molecular weight excluding hydrogens is 364 g/mol. The van der Waals surface area contributed by atoms with Gasteiger partial charge in [-0.25, -0.2) is 0 Å². The molecule has 154 valence electrons. The predicted molar refractivity (Wildman–Crippen MR) is 115 cm³/mol. The Morgan fingerprint density at radius 3 is 2.59 bits per heavy atom. The lowest BCUT2D eigenvalue weighted by Crippen LogP contribution is -2.45. The van der Waals surface area contributed by atoms with Gasteiger partial charge in [-0.05, 0) is 43.4 Å². The van der Waals surface area contributed by atoms with Crippen molar-refractivity contribution in [2.24, 2.45) is 5.41 Å². The van der Waals surface area contributed by atoms with Gasteiger partial charge in [0.15, 0.2) is 0 Å². The van der Waals surface area contributed by atoms with Crippen LogP contribution in [-0.4, -0.2) is 50.1 Å². The van der Waals surface area contributed by atoms with Gasteiger partial charge in [0, 0.05) is 26.7 Å². The van der Waals surface area contributed by atoms with Crippen LogP contribution < -0.4 is 5.32 Å². The van der Waals surface area contributed by atoms with E-state index in [9.17, 15) is 9.59 Å². The van der Waals surface area contributed by atoms with E-state index in [0.29, 0.717) is 32.5 Å². The van der Waals surface area contributed by atoms with Crippen molar-refractivity contribution in [1.29, 1.82) is 0 Å². The molecule has 0 saturated carbocycles. The minimum absolute atomic E-state index is 0.0217. The van der Waals surface area contributed by atoms with Crippen molar-refractivity contribution in [3.63, 3.8) is 0 Å². The third kappa shape index (κ3) is 4.85. The number of hydrogen-bond acceptors (Lipinski definition) is 3. The van der Waals surface area contributed by atoms with E-state index in [1.807, 2.05) is 13.0 Å². The van der Waals surface area contributed by atoms with E-state index in [1.165, 1.54) is 12.7 Å². The van der Waals surface area contributed by atoms with Crippen LogP contribution in [0.1, 0.15) is 24.5 Å². The molecule has 0 spiro atoms. The van der Waals surface area contributed by atoms with Gasteiger partial charge in [0.2, 0.25) is 11.8 Å². The summed E-state index contributed by atoms with van der Waals surface area (Å²) < 4.78 is 4.99. The number of nitrogens with one attached hydrogen (secondary N) is 1. The number of likely N-dealkylation sites (tertiary alicyclic amines) is 1. The molecule has 1 heterocycles. The van der Waals surface area contributed by atoms with E-state index in [1.54, 1.807) is 4.90 Å². The molecule has 5 heteroatoms. The summed E-state index contributed by atoms with van der Waals surface area (Å²) in [6.07, 6.45) is 1.26. The van der Waals surface area contributed by atoms with E-state index >= 15 is 0 Å². The molecule has 1 fully saturated rings. The summed E-state index contributed by atoms with van der Waals surface area (Å²) in [4.78, 5) is 27.1. The quantitative estimate of drug-likeness (QED) is 0.785. The molecule has 0 unspecified atom stereocenters. The Morgan fingerprint density at radius 1 is 1.14 bits per heavy atom. The largest absolute Gasteiger partial charge is 0.375 e.